The Labute approximate surface area is 148 Å². The van der Waals surface area contributed by atoms with Crippen LogP contribution in [0, 0.1) is 5.41 Å². The van der Waals surface area contributed by atoms with Crippen molar-refractivity contribution in [1.82, 2.24) is 14.9 Å². The second-order valence-electron chi connectivity index (χ2n) is 7.39. The van der Waals surface area contributed by atoms with Crippen LogP contribution in [-0.4, -0.2) is 52.7 Å². The van der Waals surface area contributed by atoms with Crippen molar-refractivity contribution in [2.24, 2.45) is 5.41 Å². The van der Waals surface area contributed by atoms with Gasteiger partial charge < -0.3 is 9.80 Å². The molecule has 2 saturated heterocycles. The molecule has 3 aliphatic rings. The van der Waals surface area contributed by atoms with Crippen molar-refractivity contribution in [2.45, 2.75) is 56.1 Å². The third kappa shape index (κ3) is 2.79. The van der Waals surface area contributed by atoms with Crippen LogP contribution in [0.3, 0.4) is 0 Å². The Balaban J connectivity index is 1.52. The van der Waals surface area contributed by atoms with Crippen LogP contribution in [0.4, 0.5) is 5.82 Å². The quantitative estimate of drug-likeness (QED) is 0.622. The summed E-state index contributed by atoms with van der Waals surface area (Å²) >= 11 is 1.56. The van der Waals surface area contributed by atoms with E-state index in [9.17, 15) is 4.79 Å². The molecule has 1 aromatic heterocycles. The molecule has 0 aromatic carbocycles. The van der Waals surface area contributed by atoms with Crippen LogP contribution < -0.4 is 4.90 Å². The zero-order valence-electron chi connectivity index (χ0n) is 14.4. The number of amides is 1. The normalized spacial score (nSPS) is 28.3. The van der Waals surface area contributed by atoms with Gasteiger partial charge in [-0.2, -0.15) is 0 Å². The summed E-state index contributed by atoms with van der Waals surface area (Å²) in [5.74, 6) is 1.39. The highest BCUT2D eigenvalue weighted by Gasteiger charge is 2.50. The number of carbonyl (C=O) groups excluding carboxylic acids is 1. The van der Waals surface area contributed by atoms with Crippen molar-refractivity contribution < 1.29 is 4.79 Å². The Bertz CT molecular complexity index is 619. The van der Waals surface area contributed by atoms with Gasteiger partial charge in [-0.25, -0.2) is 9.97 Å². The largest absolute Gasteiger partial charge is 0.355 e. The lowest BCUT2D eigenvalue weighted by Gasteiger charge is -2.42. The molecule has 2 aliphatic heterocycles. The lowest BCUT2D eigenvalue weighted by atomic mass is 9.77. The highest BCUT2D eigenvalue weighted by atomic mass is 32.2. The van der Waals surface area contributed by atoms with Crippen LogP contribution in [0.15, 0.2) is 17.4 Å². The number of piperidine rings is 1. The van der Waals surface area contributed by atoms with Crippen LogP contribution in [0.5, 0.6) is 0 Å². The zero-order chi connectivity index (χ0) is 16.6. The topological polar surface area (TPSA) is 49.3 Å². The van der Waals surface area contributed by atoms with Gasteiger partial charge in [-0.15, -0.1) is 0 Å². The van der Waals surface area contributed by atoms with Crippen molar-refractivity contribution in [3.05, 3.63) is 12.3 Å². The third-order valence-electron chi connectivity index (χ3n) is 6.01. The first-order valence-electron chi connectivity index (χ1n) is 9.15. The smallest absolute Gasteiger partial charge is 0.230 e. The van der Waals surface area contributed by atoms with Gasteiger partial charge in [0.25, 0.3) is 0 Å². The number of anilines is 1. The molecule has 1 aromatic rings. The molecule has 0 radical (unpaired) electrons. The standard InChI is InChI=1S/C18H26N4OS/c1-24-17-19-10-7-15(20-17)21-12-9-18(13-21)8-4-11-22(16(18)23)14-5-2-3-6-14/h7,10,14H,2-6,8-9,11-13H2,1H3/t18-/m1/s1. The van der Waals surface area contributed by atoms with E-state index in [1.54, 1.807) is 11.8 Å². The molecule has 1 atom stereocenters. The Morgan fingerprint density at radius 1 is 1.21 bits per heavy atom. The van der Waals surface area contributed by atoms with E-state index >= 15 is 0 Å². The second kappa shape index (κ2) is 6.54. The lowest BCUT2D eigenvalue weighted by molar-refractivity contribution is -0.147. The Morgan fingerprint density at radius 2 is 2.04 bits per heavy atom. The van der Waals surface area contributed by atoms with Gasteiger partial charge in [-0.1, -0.05) is 24.6 Å². The molecule has 24 heavy (non-hydrogen) atoms. The van der Waals surface area contributed by atoms with E-state index in [2.05, 4.69) is 19.8 Å². The predicted molar refractivity (Wildman–Crippen MR) is 96.3 cm³/mol. The SMILES string of the molecule is CSc1nccc(N2CC[C@]3(CCCN(C4CCCC4)C3=O)C2)n1. The van der Waals surface area contributed by atoms with Crippen molar-refractivity contribution in [2.75, 3.05) is 30.8 Å². The number of rotatable bonds is 3. The van der Waals surface area contributed by atoms with Gasteiger partial charge in [-0.05, 0) is 44.4 Å². The van der Waals surface area contributed by atoms with Crippen LogP contribution >= 0.6 is 11.8 Å². The van der Waals surface area contributed by atoms with Crippen LogP contribution in [0.1, 0.15) is 44.9 Å². The zero-order valence-corrected chi connectivity index (χ0v) is 15.2. The van der Waals surface area contributed by atoms with Crippen molar-refractivity contribution in [3.8, 4) is 0 Å². The molecule has 1 saturated carbocycles. The Kier molecular flexibility index (Phi) is 4.41. The molecule has 6 heteroatoms. The van der Waals surface area contributed by atoms with Gasteiger partial charge in [0.15, 0.2) is 5.16 Å². The number of carbonyl (C=O) groups is 1. The minimum absolute atomic E-state index is 0.175. The minimum Gasteiger partial charge on any atom is -0.355 e. The molecule has 130 valence electrons. The van der Waals surface area contributed by atoms with Crippen molar-refractivity contribution in [3.63, 3.8) is 0 Å². The monoisotopic (exact) mass is 346 g/mol. The Hall–Kier alpha value is -1.30. The average Bonchev–Trinajstić information content (AvgIpc) is 3.28. The number of thioether (sulfide) groups is 1. The fourth-order valence-corrected chi connectivity index (χ4v) is 5.07. The summed E-state index contributed by atoms with van der Waals surface area (Å²) in [6, 6.07) is 2.48. The summed E-state index contributed by atoms with van der Waals surface area (Å²) in [5.41, 5.74) is -0.175. The highest BCUT2D eigenvalue weighted by molar-refractivity contribution is 7.98. The van der Waals surface area contributed by atoms with Gasteiger partial charge >= 0.3 is 0 Å². The summed E-state index contributed by atoms with van der Waals surface area (Å²) in [6.45, 7) is 2.71. The number of likely N-dealkylation sites (tertiary alicyclic amines) is 1. The van der Waals surface area contributed by atoms with E-state index in [-0.39, 0.29) is 5.41 Å². The molecule has 1 aliphatic carbocycles. The summed E-state index contributed by atoms with van der Waals surface area (Å²) < 4.78 is 0. The highest BCUT2D eigenvalue weighted by Crippen LogP contribution is 2.43. The van der Waals surface area contributed by atoms with Gasteiger partial charge in [-0.3, -0.25) is 4.79 Å². The first-order valence-corrected chi connectivity index (χ1v) is 10.4. The third-order valence-corrected chi connectivity index (χ3v) is 6.58. The van der Waals surface area contributed by atoms with Crippen LogP contribution in [0.2, 0.25) is 0 Å². The van der Waals surface area contributed by atoms with E-state index < -0.39 is 0 Å². The summed E-state index contributed by atoms with van der Waals surface area (Å²) in [5, 5.41) is 0.802. The number of nitrogens with zero attached hydrogens (tertiary/aromatic N) is 4. The Morgan fingerprint density at radius 3 is 2.83 bits per heavy atom. The van der Waals surface area contributed by atoms with Crippen LogP contribution in [-0.2, 0) is 4.79 Å². The van der Waals surface area contributed by atoms with E-state index in [4.69, 9.17) is 0 Å². The summed E-state index contributed by atoms with van der Waals surface area (Å²) in [7, 11) is 0. The maximum Gasteiger partial charge on any atom is 0.230 e. The van der Waals surface area contributed by atoms with Crippen LogP contribution in [0.25, 0.3) is 0 Å². The summed E-state index contributed by atoms with van der Waals surface area (Å²) in [4.78, 5) is 26.7. The molecule has 3 fully saturated rings. The van der Waals surface area contributed by atoms with E-state index in [0.717, 1.165) is 49.9 Å². The fourth-order valence-electron chi connectivity index (χ4n) is 4.72. The molecule has 1 spiro atoms. The second-order valence-corrected chi connectivity index (χ2v) is 8.17. The summed E-state index contributed by atoms with van der Waals surface area (Å²) in [6.07, 6.45) is 11.9. The number of aromatic nitrogens is 2. The molecule has 3 heterocycles. The van der Waals surface area contributed by atoms with Crippen molar-refractivity contribution >= 4 is 23.5 Å². The van der Waals surface area contributed by atoms with Gasteiger partial charge in [0, 0.05) is 31.9 Å². The maximum absolute atomic E-state index is 13.3. The molecule has 0 N–H and O–H groups in total. The molecular formula is C18H26N4OS. The minimum atomic E-state index is -0.175. The molecule has 0 bridgehead atoms. The lowest BCUT2D eigenvalue weighted by Crippen LogP contribution is -2.53. The molecule has 4 rings (SSSR count). The molecule has 5 nitrogen and oxygen atoms in total. The maximum atomic E-state index is 13.3. The average molecular weight is 347 g/mol. The molecule has 1 amide bonds. The van der Waals surface area contributed by atoms with E-state index in [1.165, 1.54) is 25.7 Å². The van der Waals surface area contributed by atoms with E-state index in [0.29, 0.717) is 11.9 Å². The fraction of sp³-hybridized carbons (Fsp3) is 0.722. The predicted octanol–water partition coefficient (Wildman–Crippen LogP) is 2.96. The van der Waals surface area contributed by atoms with Crippen molar-refractivity contribution in [1.29, 1.82) is 0 Å². The number of hydrogen-bond acceptors (Lipinski definition) is 5. The van der Waals surface area contributed by atoms with E-state index in [1.807, 2.05) is 18.5 Å². The first kappa shape index (κ1) is 16.2. The number of hydrogen-bond donors (Lipinski definition) is 0. The molecular weight excluding hydrogens is 320 g/mol. The van der Waals surface area contributed by atoms with Gasteiger partial charge in [0.05, 0.1) is 5.41 Å². The molecule has 0 unspecified atom stereocenters. The van der Waals surface area contributed by atoms with Gasteiger partial charge in [0.1, 0.15) is 5.82 Å². The van der Waals surface area contributed by atoms with Gasteiger partial charge in [0.2, 0.25) is 5.91 Å². The first-order chi connectivity index (χ1) is 11.7.